The first-order valence-corrected chi connectivity index (χ1v) is 5.84. The van der Waals surface area contributed by atoms with Gasteiger partial charge in [-0.2, -0.15) is 0 Å². The Balaban J connectivity index is 2.24. The zero-order valence-electron chi connectivity index (χ0n) is 9.25. The number of anilines is 1. The molecule has 0 aliphatic carbocycles. The van der Waals surface area contributed by atoms with Crippen LogP contribution in [0, 0.1) is 17.5 Å². The summed E-state index contributed by atoms with van der Waals surface area (Å²) in [5.41, 5.74) is 0.0707. The summed E-state index contributed by atoms with van der Waals surface area (Å²) in [6.07, 6.45) is 1.39. The quantitative estimate of drug-likeness (QED) is 0.676. The Bertz CT molecular complexity index is 626. The summed E-state index contributed by atoms with van der Waals surface area (Å²) in [6, 6.07) is 4.26. The molecule has 1 N–H and O–H groups in total. The third kappa shape index (κ3) is 3.11. The maximum atomic E-state index is 13.0. The van der Waals surface area contributed by atoms with Crippen molar-refractivity contribution in [2.24, 2.45) is 0 Å². The second kappa shape index (κ2) is 5.40. The molecule has 1 aromatic carbocycles. The highest BCUT2D eigenvalue weighted by atomic mass is 79.9. The van der Waals surface area contributed by atoms with Gasteiger partial charge < -0.3 is 5.32 Å². The fourth-order valence-corrected chi connectivity index (χ4v) is 1.74. The van der Waals surface area contributed by atoms with Crippen molar-refractivity contribution in [3.63, 3.8) is 0 Å². The minimum absolute atomic E-state index is 0.172. The van der Waals surface area contributed by atoms with E-state index in [1.54, 1.807) is 0 Å². The zero-order chi connectivity index (χ0) is 14.0. The summed E-state index contributed by atoms with van der Waals surface area (Å²) in [6.45, 7) is 0. The molecule has 0 saturated heterocycles. The number of halogens is 4. The van der Waals surface area contributed by atoms with Crippen LogP contribution in [0.2, 0.25) is 0 Å². The first-order valence-electron chi connectivity index (χ1n) is 5.05. The van der Waals surface area contributed by atoms with E-state index in [4.69, 9.17) is 0 Å². The van der Waals surface area contributed by atoms with E-state index in [9.17, 15) is 18.0 Å². The molecule has 0 fully saturated rings. The highest BCUT2D eigenvalue weighted by Crippen LogP contribution is 2.18. The zero-order valence-corrected chi connectivity index (χ0v) is 10.8. The Kier molecular flexibility index (Phi) is 3.84. The molecule has 1 amide bonds. The van der Waals surface area contributed by atoms with Crippen LogP contribution in [0.25, 0.3) is 0 Å². The van der Waals surface area contributed by atoms with Crippen LogP contribution in [0.5, 0.6) is 0 Å². The van der Waals surface area contributed by atoms with E-state index in [0.717, 1.165) is 0 Å². The highest BCUT2D eigenvalue weighted by Gasteiger charge is 2.13. The molecule has 0 bridgehead atoms. The van der Waals surface area contributed by atoms with Crippen molar-refractivity contribution in [3.8, 4) is 0 Å². The molecule has 1 heterocycles. The van der Waals surface area contributed by atoms with Crippen molar-refractivity contribution < 1.29 is 18.0 Å². The van der Waals surface area contributed by atoms with Gasteiger partial charge in [-0.3, -0.25) is 4.79 Å². The number of carbonyl (C=O) groups is 1. The molecule has 0 aliphatic heterocycles. The van der Waals surface area contributed by atoms with Gasteiger partial charge in [0.15, 0.2) is 17.5 Å². The minimum Gasteiger partial charge on any atom is -0.322 e. The van der Waals surface area contributed by atoms with Crippen LogP contribution in [0.1, 0.15) is 10.4 Å². The second-order valence-corrected chi connectivity index (χ2v) is 4.39. The van der Waals surface area contributed by atoms with Crippen molar-refractivity contribution in [2.45, 2.75) is 0 Å². The molecule has 0 unspecified atom stereocenters. The van der Waals surface area contributed by atoms with E-state index in [1.165, 1.54) is 18.3 Å². The van der Waals surface area contributed by atoms with Crippen molar-refractivity contribution >= 4 is 27.5 Å². The van der Waals surface area contributed by atoms with E-state index in [-0.39, 0.29) is 11.3 Å². The average molecular weight is 331 g/mol. The molecule has 2 aromatic rings. The topological polar surface area (TPSA) is 42.0 Å². The molecule has 1 aromatic heterocycles. The third-order valence-corrected chi connectivity index (χ3v) is 2.66. The summed E-state index contributed by atoms with van der Waals surface area (Å²) < 4.78 is 39.1. The predicted octanol–water partition coefficient (Wildman–Crippen LogP) is 3.51. The number of rotatable bonds is 2. The van der Waals surface area contributed by atoms with Gasteiger partial charge in [0.05, 0.1) is 0 Å². The minimum atomic E-state index is -1.58. The molecule has 0 radical (unpaired) electrons. The van der Waals surface area contributed by atoms with Crippen molar-refractivity contribution in [3.05, 3.63) is 58.1 Å². The molecule has 3 nitrogen and oxygen atoms in total. The fourth-order valence-electron chi connectivity index (χ4n) is 1.37. The molecule has 19 heavy (non-hydrogen) atoms. The number of hydrogen-bond donors (Lipinski definition) is 1. The SMILES string of the molecule is O=C(Nc1cc(F)c(F)c(F)c1)c1ccnc(Br)c1. The predicted molar refractivity (Wildman–Crippen MR) is 66.2 cm³/mol. The first-order chi connectivity index (χ1) is 8.97. The Hall–Kier alpha value is -1.89. The van der Waals surface area contributed by atoms with E-state index >= 15 is 0 Å². The number of aromatic nitrogens is 1. The number of amides is 1. The highest BCUT2D eigenvalue weighted by molar-refractivity contribution is 9.10. The molecule has 0 saturated carbocycles. The Morgan fingerprint density at radius 1 is 1.16 bits per heavy atom. The van der Waals surface area contributed by atoms with Gasteiger partial charge >= 0.3 is 0 Å². The second-order valence-electron chi connectivity index (χ2n) is 3.58. The maximum Gasteiger partial charge on any atom is 0.255 e. The van der Waals surface area contributed by atoms with Crippen molar-refractivity contribution in [2.75, 3.05) is 5.32 Å². The summed E-state index contributed by atoms with van der Waals surface area (Å²) in [5, 5.41) is 2.26. The standard InChI is InChI=1S/C12H6BrF3N2O/c13-10-3-6(1-2-17-10)12(19)18-7-4-8(14)11(16)9(15)5-7/h1-5H,(H,18,19). The largest absolute Gasteiger partial charge is 0.322 e. The number of benzene rings is 1. The lowest BCUT2D eigenvalue weighted by atomic mass is 10.2. The van der Waals surface area contributed by atoms with Gasteiger partial charge in [0.1, 0.15) is 4.60 Å². The lowest BCUT2D eigenvalue weighted by Crippen LogP contribution is -2.12. The van der Waals surface area contributed by atoms with Crippen molar-refractivity contribution in [1.29, 1.82) is 0 Å². The smallest absolute Gasteiger partial charge is 0.255 e. The Labute approximate surface area is 114 Å². The summed E-state index contributed by atoms with van der Waals surface area (Å²) in [5.74, 6) is -4.91. The van der Waals surface area contributed by atoms with Gasteiger partial charge in [0.25, 0.3) is 5.91 Å². The maximum absolute atomic E-state index is 13.0. The third-order valence-electron chi connectivity index (χ3n) is 2.23. The van der Waals surface area contributed by atoms with Crippen LogP contribution in [0.4, 0.5) is 18.9 Å². The van der Waals surface area contributed by atoms with E-state index in [2.05, 4.69) is 26.2 Å². The molecular formula is C12H6BrF3N2O. The van der Waals surface area contributed by atoms with E-state index in [0.29, 0.717) is 16.7 Å². The van der Waals surface area contributed by atoms with Crippen molar-refractivity contribution in [1.82, 2.24) is 4.98 Å². The van der Waals surface area contributed by atoms with Crippen LogP contribution in [0.15, 0.2) is 35.1 Å². The number of pyridine rings is 1. The Morgan fingerprint density at radius 2 is 1.79 bits per heavy atom. The number of nitrogens with zero attached hydrogens (tertiary/aromatic N) is 1. The van der Waals surface area contributed by atoms with Gasteiger partial charge in [-0.1, -0.05) is 0 Å². The van der Waals surface area contributed by atoms with Crippen LogP contribution in [-0.2, 0) is 0 Å². The number of nitrogens with one attached hydrogen (secondary N) is 1. The summed E-state index contributed by atoms with van der Waals surface area (Å²) >= 11 is 3.09. The summed E-state index contributed by atoms with van der Waals surface area (Å²) in [4.78, 5) is 15.6. The molecule has 0 aliphatic rings. The molecule has 2 rings (SSSR count). The fraction of sp³-hybridized carbons (Fsp3) is 0. The van der Waals surface area contributed by atoms with Crippen LogP contribution in [0.3, 0.4) is 0 Å². The Morgan fingerprint density at radius 3 is 2.37 bits per heavy atom. The normalized spacial score (nSPS) is 10.3. The average Bonchev–Trinajstić information content (AvgIpc) is 2.36. The molecule has 0 spiro atoms. The number of carbonyl (C=O) groups excluding carboxylic acids is 1. The number of hydrogen-bond acceptors (Lipinski definition) is 2. The molecule has 7 heteroatoms. The lowest BCUT2D eigenvalue weighted by molar-refractivity contribution is 0.102. The summed E-state index contributed by atoms with van der Waals surface area (Å²) in [7, 11) is 0. The molecule has 98 valence electrons. The molecular weight excluding hydrogens is 325 g/mol. The van der Waals surface area contributed by atoms with Crippen LogP contribution in [-0.4, -0.2) is 10.9 Å². The van der Waals surface area contributed by atoms with E-state index in [1.807, 2.05) is 0 Å². The van der Waals surface area contributed by atoms with Gasteiger partial charge in [-0.25, -0.2) is 18.2 Å². The van der Waals surface area contributed by atoms with Crippen LogP contribution >= 0.6 is 15.9 Å². The van der Waals surface area contributed by atoms with Gasteiger partial charge in [0.2, 0.25) is 0 Å². The molecule has 0 atom stereocenters. The monoisotopic (exact) mass is 330 g/mol. The van der Waals surface area contributed by atoms with Crippen LogP contribution < -0.4 is 5.32 Å². The first kappa shape index (κ1) is 13.5. The van der Waals surface area contributed by atoms with Gasteiger partial charge in [0, 0.05) is 29.6 Å². The lowest BCUT2D eigenvalue weighted by Gasteiger charge is -2.06. The van der Waals surface area contributed by atoms with Gasteiger partial charge in [-0.05, 0) is 28.1 Å². The van der Waals surface area contributed by atoms with E-state index < -0.39 is 23.4 Å². The van der Waals surface area contributed by atoms with Gasteiger partial charge in [-0.15, -0.1) is 0 Å².